The SMILES string of the molecule is C[C@H]1C[C@H](C)CN(S(=O)(=O)c2ccc(C(=O)N(C)c3ccccc3C(=O)O)cc2)C1. The van der Waals surface area contributed by atoms with Crippen LogP contribution in [0.1, 0.15) is 41.0 Å². The normalized spacial score (nSPS) is 20.0. The average molecular weight is 431 g/mol. The lowest BCUT2D eigenvalue weighted by atomic mass is 9.94. The molecule has 160 valence electrons. The van der Waals surface area contributed by atoms with Crippen LogP contribution >= 0.6 is 0 Å². The van der Waals surface area contributed by atoms with Gasteiger partial charge in [-0.05, 0) is 54.7 Å². The second kappa shape index (κ2) is 8.57. The summed E-state index contributed by atoms with van der Waals surface area (Å²) in [5.41, 5.74) is 0.556. The van der Waals surface area contributed by atoms with Crippen molar-refractivity contribution in [1.29, 1.82) is 0 Å². The molecule has 0 spiro atoms. The number of benzene rings is 2. The third kappa shape index (κ3) is 4.39. The zero-order valence-electron chi connectivity index (χ0n) is 17.3. The van der Waals surface area contributed by atoms with Gasteiger partial charge in [0.2, 0.25) is 10.0 Å². The lowest BCUT2D eigenvalue weighted by Gasteiger charge is -2.34. The first-order valence-corrected chi connectivity index (χ1v) is 11.3. The van der Waals surface area contributed by atoms with Crippen LogP contribution in [0.3, 0.4) is 0 Å². The van der Waals surface area contributed by atoms with E-state index in [0.717, 1.165) is 6.42 Å². The van der Waals surface area contributed by atoms with Crippen molar-refractivity contribution in [3.05, 3.63) is 59.7 Å². The molecular formula is C22H26N2O5S. The number of carbonyl (C=O) groups excluding carboxylic acids is 1. The summed E-state index contributed by atoms with van der Waals surface area (Å²) in [7, 11) is -2.14. The number of carbonyl (C=O) groups is 2. The quantitative estimate of drug-likeness (QED) is 0.785. The van der Waals surface area contributed by atoms with E-state index in [0.29, 0.717) is 24.9 Å². The van der Waals surface area contributed by atoms with Gasteiger partial charge in [-0.15, -0.1) is 0 Å². The number of hydrogen-bond acceptors (Lipinski definition) is 4. The largest absolute Gasteiger partial charge is 0.478 e. The summed E-state index contributed by atoms with van der Waals surface area (Å²) < 4.78 is 27.5. The number of para-hydroxylation sites is 1. The highest BCUT2D eigenvalue weighted by Gasteiger charge is 2.31. The molecule has 7 nitrogen and oxygen atoms in total. The lowest BCUT2D eigenvalue weighted by molar-refractivity contribution is 0.0697. The van der Waals surface area contributed by atoms with E-state index in [-0.39, 0.29) is 21.7 Å². The number of amides is 1. The molecule has 1 N–H and O–H groups in total. The zero-order valence-corrected chi connectivity index (χ0v) is 18.1. The molecule has 0 radical (unpaired) electrons. The van der Waals surface area contributed by atoms with Crippen molar-refractivity contribution in [2.24, 2.45) is 11.8 Å². The molecule has 1 aliphatic rings. The highest BCUT2D eigenvalue weighted by Crippen LogP contribution is 2.27. The first-order chi connectivity index (χ1) is 14.1. The fraction of sp³-hybridized carbons (Fsp3) is 0.364. The van der Waals surface area contributed by atoms with Gasteiger partial charge < -0.3 is 10.0 Å². The molecule has 2 aromatic rings. The van der Waals surface area contributed by atoms with Crippen LogP contribution in [0.15, 0.2) is 53.4 Å². The Morgan fingerprint density at radius 2 is 1.57 bits per heavy atom. The number of nitrogens with zero attached hydrogens (tertiary/aromatic N) is 2. The molecule has 0 unspecified atom stereocenters. The summed E-state index contributed by atoms with van der Waals surface area (Å²) in [6.45, 7) is 5.07. The van der Waals surface area contributed by atoms with Crippen molar-refractivity contribution in [2.75, 3.05) is 25.0 Å². The maximum Gasteiger partial charge on any atom is 0.337 e. The summed E-state index contributed by atoms with van der Waals surface area (Å²) in [4.78, 5) is 25.7. The van der Waals surface area contributed by atoms with Crippen molar-refractivity contribution in [2.45, 2.75) is 25.2 Å². The first kappa shape index (κ1) is 22.0. The molecule has 0 saturated carbocycles. The van der Waals surface area contributed by atoms with E-state index in [9.17, 15) is 23.1 Å². The molecule has 30 heavy (non-hydrogen) atoms. The topological polar surface area (TPSA) is 95.0 Å². The smallest absolute Gasteiger partial charge is 0.337 e. The number of aromatic carboxylic acids is 1. The molecule has 1 amide bonds. The van der Waals surface area contributed by atoms with Gasteiger partial charge in [0.1, 0.15) is 0 Å². The van der Waals surface area contributed by atoms with E-state index in [1.54, 1.807) is 18.2 Å². The molecule has 2 atom stereocenters. The minimum absolute atomic E-state index is 0.0147. The second-order valence-electron chi connectivity index (χ2n) is 7.98. The maximum atomic E-state index is 13.0. The van der Waals surface area contributed by atoms with E-state index in [1.165, 1.54) is 46.6 Å². The minimum Gasteiger partial charge on any atom is -0.478 e. The summed E-state index contributed by atoms with van der Waals surface area (Å²) >= 11 is 0. The Kier molecular flexibility index (Phi) is 6.28. The number of carboxylic acids is 1. The Bertz CT molecular complexity index is 1040. The average Bonchev–Trinajstić information content (AvgIpc) is 2.72. The molecule has 1 aliphatic heterocycles. The van der Waals surface area contributed by atoms with Crippen molar-refractivity contribution in [1.82, 2.24) is 4.31 Å². The second-order valence-corrected chi connectivity index (χ2v) is 9.92. The fourth-order valence-electron chi connectivity index (χ4n) is 3.97. The summed E-state index contributed by atoms with van der Waals surface area (Å²) in [5, 5.41) is 9.34. The van der Waals surface area contributed by atoms with E-state index in [4.69, 9.17) is 0 Å². The summed E-state index contributed by atoms with van der Waals surface area (Å²) in [6, 6.07) is 12.0. The predicted octanol–water partition coefficient (Wildman–Crippen LogP) is 3.33. The van der Waals surface area contributed by atoms with Crippen LogP contribution in [0, 0.1) is 11.8 Å². The number of anilines is 1. The molecule has 0 aromatic heterocycles. The zero-order chi connectivity index (χ0) is 22.1. The molecule has 2 aromatic carbocycles. The molecule has 1 saturated heterocycles. The Labute approximate surface area is 177 Å². The van der Waals surface area contributed by atoms with Crippen LogP contribution in [0.5, 0.6) is 0 Å². The summed E-state index contributed by atoms with van der Waals surface area (Å²) in [6.07, 6.45) is 1.00. The molecule has 0 aliphatic carbocycles. The molecular weight excluding hydrogens is 404 g/mol. The van der Waals surface area contributed by atoms with Crippen molar-refractivity contribution < 1.29 is 23.1 Å². The Morgan fingerprint density at radius 1 is 1.00 bits per heavy atom. The first-order valence-electron chi connectivity index (χ1n) is 9.82. The van der Waals surface area contributed by atoms with Gasteiger partial charge in [0, 0.05) is 25.7 Å². The number of rotatable bonds is 5. The standard InChI is InChI=1S/C22H26N2O5S/c1-15-12-16(2)14-24(13-15)30(28,29)18-10-8-17(9-11-18)21(25)23(3)20-7-5-4-6-19(20)22(26)27/h4-11,15-16H,12-14H2,1-3H3,(H,26,27)/t15-,16-/m0/s1. The van der Waals surface area contributed by atoms with Gasteiger partial charge in [-0.1, -0.05) is 26.0 Å². The van der Waals surface area contributed by atoms with Gasteiger partial charge >= 0.3 is 5.97 Å². The molecule has 3 rings (SSSR count). The number of sulfonamides is 1. The fourth-order valence-corrected chi connectivity index (χ4v) is 5.65. The van der Waals surface area contributed by atoms with Crippen molar-refractivity contribution in [3.63, 3.8) is 0 Å². The molecule has 0 bridgehead atoms. The van der Waals surface area contributed by atoms with Gasteiger partial charge in [-0.25, -0.2) is 13.2 Å². The Morgan fingerprint density at radius 3 is 2.13 bits per heavy atom. The van der Waals surface area contributed by atoms with E-state index < -0.39 is 21.9 Å². The maximum absolute atomic E-state index is 13.0. The van der Waals surface area contributed by atoms with Crippen LogP contribution in [0.25, 0.3) is 0 Å². The van der Waals surface area contributed by atoms with Crippen LogP contribution in [0.4, 0.5) is 5.69 Å². The predicted molar refractivity (Wildman–Crippen MR) is 114 cm³/mol. The van der Waals surface area contributed by atoms with E-state index in [2.05, 4.69) is 0 Å². The van der Waals surface area contributed by atoms with Gasteiger partial charge in [0.25, 0.3) is 5.91 Å². The van der Waals surface area contributed by atoms with Gasteiger partial charge in [0.05, 0.1) is 16.1 Å². The minimum atomic E-state index is -3.63. The van der Waals surface area contributed by atoms with E-state index >= 15 is 0 Å². The summed E-state index contributed by atoms with van der Waals surface area (Å²) in [5.74, 6) is -0.954. The number of hydrogen-bond donors (Lipinski definition) is 1. The van der Waals surface area contributed by atoms with Gasteiger partial charge in [-0.3, -0.25) is 4.79 Å². The highest BCUT2D eigenvalue weighted by molar-refractivity contribution is 7.89. The Hall–Kier alpha value is -2.71. The van der Waals surface area contributed by atoms with Crippen LogP contribution in [0.2, 0.25) is 0 Å². The monoisotopic (exact) mass is 430 g/mol. The van der Waals surface area contributed by atoms with E-state index in [1.807, 2.05) is 13.8 Å². The van der Waals surface area contributed by atoms with Crippen LogP contribution in [-0.4, -0.2) is 49.8 Å². The van der Waals surface area contributed by atoms with Crippen LogP contribution < -0.4 is 4.90 Å². The van der Waals surface area contributed by atoms with Crippen molar-refractivity contribution in [3.8, 4) is 0 Å². The highest BCUT2D eigenvalue weighted by atomic mass is 32.2. The molecule has 1 fully saturated rings. The van der Waals surface area contributed by atoms with Crippen molar-refractivity contribution >= 4 is 27.6 Å². The Balaban J connectivity index is 1.83. The molecule has 8 heteroatoms. The van der Waals surface area contributed by atoms with Gasteiger partial charge in [-0.2, -0.15) is 4.31 Å². The number of carboxylic acid groups (broad SMARTS) is 1. The lowest BCUT2D eigenvalue weighted by Crippen LogP contribution is -2.42. The third-order valence-electron chi connectivity index (χ3n) is 5.37. The van der Waals surface area contributed by atoms with Gasteiger partial charge in [0.15, 0.2) is 0 Å². The third-order valence-corrected chi connectivity index (χ3v) is 7.22. The van der Waals surface area contributed by atoms with Crippen LogP contribution in [-0.2, 0) is 10.0 Å². The molecule has 1 heterocycles. The number of piperidine rings is 1.